The molecule has 0 saturated heterocycles. The van der Waals surface area contributed by atoms with E-state index in [1.165, 1.54) is 16.7 Å². The molecule has 1 aromatic heterocycles. The first-order valence-electron chi connectivity index (χ1n) is 7.15. The van der Waals surface area contributed by atoms with Crippen LogP contribution in [-0.2, 0) is 19.5 Å². The molecule has 4 nitrogen and oxygen atoms in total. The molecule has 0 spiro atoms. The Hall–Kier alpha value is -1.72. The van der Waals surface area contributed by atoms with Crippen LogP contribution in [-0.4, -0.2) is 21.4 Å². The van der Waals surface area contributed by atoms with Gasteiger partial charge in [-0.2, -0.15) is 0 Å². The van der Waals surface area contributed by atoms with Gasteiger partial charge in [-0.05, 0) is 31.6 Å². The summed E-state index contributed by atoms with van der Waals surface area (Å²) >= 11 is 5.02. The fourth-order valence-corrected chi connectivity index (χ4v) is 3.28. The largest absolute Gasteiger partial charge is 0.335 e. The van der Waals surface area contributed by atoms with Gasteiger partial charge >= 0.3 is 0 Å². The van der Waals surface area contributed by atoms with Crippen molar-refractivity contribution in [1.82, 2.24) is 14.9 Å². The molecular weight excluding hydrogens is 282 g/mol. The number of nitrogens with one attached hydrogen (secondary N) is 2. The first-order valence-corrected chi connectivity index (χ1v) is 7.56. The third kappa shape index (κ3) is 3.14. The molecule has 2 N–H and O–H groups in total. The highest BCUT2D eigenvalue weighted by Gasteiger charge is 2.19. The monoisotopic (exact) mass is 301 g/mol. The van der Waals surface area contributed by atoms with Gasteiger partial charge in [-0.15, -0.1) is 0 Å². The maximum atomic E-state index is 12.0. The zero-order valence-corrected chi connectivity index (χ0v) is 13.1. The summed E-state index contributed by atoms with van der Waals surface area (Å²) in [6.45, 7) is 6.72. The minimum absolute atomic E-state index is 0.0566. The normalized spacial score (nSPS) is 15.0. The lowest BCUT2D eigenvalue weighted by molar-refractivity contribution is 0.241. The minimum Gasteiger partial charge on any atom is -0.335 e. The van der Waals surface area contributed by atoms with Crippen molar-refractivity contribution in [2.75, 3.05) is 6.54 Å². The summed E-state index contributed by atoms with van der Waals surface area (Å²) in [6.07, 6.45) is 0.841. The molecule has 5 heteroatoms. The van der Waals surface area contributed by atoms with Crippen LogP contribution >= 0.6 is 12.2 Å². The molecule has 2 heterocycles. The van der Waals surface area contributed by atoms with Gasteiger partial charge in [0.15, 0.2) is 4.77 Å². The number of hydrogen-bond donors (Lipinski definition) is 2. The topological polar surface area (TPSA) is 51.9 Å². The van der Waals surface area contributed by atoms with Gasteiger partial charge in [0.2, 0.25) is 0 Å². The number of rotatable bonds is 2. The zero-order valence-electron chi connectivity index (χ0n) is 12.3. The van der Waals surface area contributed by atoms with E-state index in [-0.39, 0.29) is 5.56 Å². The SMILES string of the molecule is Cc1cc(C)cc(CN2CCc3[nH]c(=S)[nH]c(=O)c3C2)c1. The molecule has 0 fully saturated rings. The molecule has 3 rings (SSSR count). The van der Waals surface area contributed by atoms with Gasteiger partial charge in [0.1, 0.15) is 0 Å². The van der Waals surface area contributed by atoms with Crippen LogP contribution in [0.2, 0.25) is 0 Å². The quantitative estimate of drug-likeness (QED) is 0.838. The second kappa shape index (κ2) is 5.58. The highest BCUT2D eigenvalue weighted by molar-refractivity contribution is 7.71. The molecule has 2 aromatic rings. The highest BCUT2D eigenvalue weighted by Crippen LogP contribution is 2.17. The van der Waals surface area contributed by atoms with E-state index in [1.54, 1.807) is 0 Å². The van der Waals surface area contributed by atoms with E-state index in [4.69, 9.17) is 12.2 Å². The van der Waals surface area contributed by atoms with Gasteiger partial charge in [-0.25, -0.2) is 0 Å². The Kier molecular flexibility index (Phi) is 3.78. The van der Waals surface area contributed by atoms with Crippen LogP contribution in [0.4, 0.5) is 0 Å². The summed E-state index contributed by atoms with van der Waals surface area (Å²) in [5.74, 6) is 0. The van der Waals surface area contributed by atoms with Crippen LogP contribution in [0, 0.1) is 18.6 Å². The third-order valence-electron chi connectivity index (χ3n) is 3.88. The first kappa shape index (κ1) is 14.2. The predicted octanol–water partition coefficient (Wildman–Crippen LogP) is 2.61. The van der Waals surface area contributed by atoms with Gasteiger partial charge < -0.3 is 4.98 Å². The summed E-state index contributed by atoms with van der Waals surface area (Å²) in [5.41, 5.74) is 5.61. The first-order chi connectivity index (χ1) is 10.0. The van der Waals surface area contributed by atoms with E-state index in [0.29, 0.717) is 11.3 Å². The number of aryl methyl sites for hydroxylation is 2. The van der Waals surface area contributed by atoms with Crippen molar-refractivity contribution in [3.63, 3.8) is 0 Å². The molecule has 0 aliphatic carbocycles. The number of aromatic amines is 2. The van der Waals surface area contributed by atoms with Gasteiger partial charge in [0, 0.05) is 31.7 Å². The van der Waals surface area contributed by atoms with Gasteiger partial charge in [-0.1, -0.05) is 29.3 Å². The van der Waals surface area contributed by atoms with Crippen LogP contribution in [0.25, 0.3) is 0 Å². The number of hydrogen-bond acceptors (Lipinski definition) is 3. The molecule has 110 valence electrons. The van der Waals surface area contributed by atoms with E-state index in [1.807, 2.05) is 0 Å². The zero-order chi connectivity index (χ0) is 15.0. The Morgan fingerprint density at radius 3 is 2.62 bits per heavy atom. The molecule has 0 bridgehead atoms. The molecule has 1 aliphatic heterocycles. The lowest BCUT2D eigenvalue weighted by Gasteiger charge is -2.28. The average Bonchev–Trinajstić information content (AvgIpc) is 2.38. The molecule has 0 saturated carbocycles. The maximum absolute atomic E-state index is 12.0. The maximum Gasteiger partial charge on any atom is 0.256 e. The molecule has 0 amide bonds. The van der Waals surface area contributed by atoms with E-state index in [2.05, 4.69) is 46.9 Å². The number of aromatic nitrogens is 2. The second-order valence-corrected chi connectivity index (χ2v) is 6.23. The van der Waals surface area contributed by atoms with Crippen LogP contribution in [0.3, 0.4) is 0 Å². The average molecular weight is 301 g/mol. The highest BCUT2D eigenvalue weighted by atomic mass is 32.1. The number of benzene rings is 1. The Bertz CT molecular complexity index is 771. The third-order valence-corrected chi connectivity index (χ3v) is 4.08. The van der Waals surface area contributed by atoms with Crippen molar-refractivity contribution in [2.24, 2.45) is 0 Å². The molecule has 0 unspecified atom stereocenters. The minimum atomic E-state index is -0.0566. The summed E-state index contributed by atoms with van der Waals surface area (Å²) in [7, 11) is 0. The van der Waals surface area contributed by atoms with Crippen LogP contribution < -0.4 is 5.56 Å². The lowest BCUT2D eigenvalue weighted by atomic mass is 10.0. The van der Waals surface area contributed by atoms with Crippen LogP contribution in [0.15, 0.2) is 23.0 Å². The Morgan fingerprint density at radius 1 is 1.19 bits per heavy atom. The molecule has 1 aromatic carbocycles. The molecular formula is C16H19N3OS. The lowest BCUT2D eigenvalue weighted by Crippen LogP contribution is -2.35. The fourth-order valence-electron chi connectivity index (χ4n) is 3.07. The van der Waals surface area contributed by atoms with Crippen LogP contribution in [0.5, 0.6) is 0 Å². The van der Waals surface area contributed by atoms with Crippen molar-refractivity contribution in [3.8, 4) is 0 Å². The Morgan fingerprint density at radius 2 is 1.90 bits per heavy atom. The van der Waals surface area contributed by atoms with E-state index >= 15 is 0 Å². The predicted molar refractivity (Wildman–Crippen MR) is 86.0 cm³/mol. The second-order valence-electron chi connectivity index (χ2n) is 5.82. The summed E-state index contributed by atoms with van der Waals surface area (Å²) < 4.78 is 0.418. The fraction of sp³-hybridized carbons (Fsp3) is 0.375. The molecule has 0 atom stereocenters. The van der Waals surface area contributed by atoms with Gasteiger partial charge in [0.25, 0.3) is 5.56 Å². The summed E-state index contributed by atoms with van der Waals surface area (Å²) in [4.78, 5) is 20.1. The van der Waals surface area contributed by atoms with Crippen molar-refractivity contribution < 1.29 is 0 Å². The van der Waals surface area contributed by atoms with Crippen molar-refractivity contribution in [1.29, 1.82) is 0 Å². The summed E-state index contributed by atoms with van der Waals surface area (Å²) in [6, 6.07) is 6.61. The molecule has 1 aliphatic rings. The standard InChI is InChI=1S/C16H19N3OS/c1-10-5-11(2)7-12(6-10)8-19-4-3-14-13(9-19)15(20)18-16(21)17-14/h5-7H,3-4,8-9H2,1-2H3,(H2,17,18,20,21). The van der Waals surface area contributed by atoms with Crippen molar-refractivity contribution in [2.45, 2.75) is 33.4 Å². The van der Waals surface area contributed by atoms with E-state index in [0.717, 1.165) is 30.8 Å². The molecule has 0 radical (unpaired) electrons. The number of fused-ring (bicyclic) bond motifs is 1. The smallest absolute Gasteiger partial charge is 0.256 e. The Labute approximate surface area is 128 Å². The van der Waals surface area contributed by atoms with Crippen molar-refractivity contribution in [3.05, 3.63) is 61.3 Å². The van der Waals surface area contributed by atoms with Crippen molar-refractivity contribution >= 4 is 12.2 Å². The van der Waals surface area contributed by atoms with Gasteiger partial charge in [-0.3, -0.25) is 14.7 Å². The summed E-state index contributed by atoms with van der Waals surface area (Å²) in [5, 5.41) is 0. The Balaban J connectivity index is 1.83. The van der Waals surface area contributed by atoms with E-state index in [9.17, 15) is 4.79 Å². The van der Waals surface area contributed by atoms with Gasteiger partial charge in [0.05, 0.1) is 5.56 Å². The molecule has 21 heavy (non-hydrogen) atoms. The van der Waals surface area contributed by atoms with E-state index < -0.39 is 0 Å². The van der Waals surface area contributed by atoms with Crippen LogP contribution in [0.1, 0.15) is 27.9 Å². The number of H-pyrrole nitrogens is 2. The number of nitrogens with zero attached hydrogens (tertiary/aromatic N) is 1.